The average molecular weight is 406 g/mol. The fourth-order valence-corrected chi connectivity index (χ4v) is 3.65. The first-order valence-electron chi connectivity index (χ1n) is 10.2. The summed E-state index contributed by atoms with van der Waals surface area (Å²) in [5.41, 5.74) is 7.84. The number of amides is 1. The summed E-state index contributed by atoms with van der Waals surface area (Å²) in [7, 11) is 0. The fourth-order valence-electron chi connectivity index (χ4n) is 3.65. The normalized spacial score (nSPS) is 10.9. The molecule has 0 radical (unpaired) electrons. The largest absolute Gasteiger partial charge is 0.487 e. The molecule has 30 heavy (non-hydrogen) atoms. The van der Waals surface area contributed by atoms with Gasteiger partial charge >= 0.3 is 0 Å². The van der Waals surface area contributed by atoms with Gasteiger partial charge < -0.3 is 14.9 Å². The van der Waals surface area contributed by atoms with E-state index in [-0.39, 0.29) is 18.0 Å². The quantitative estimate of drug-likeness (QED) is 0.405. The number of benzene rings is 1. The first-order valence-corrected chi connectivity index (χ1v) is 10.2. The molecular weight excluding hydrogens is 380 g/mol. The van der Waals surface area contributed by atoms with Gasteiger partial charge in [0.2, 0.25) is 0 Å². The minimum atomic E-state index is -1.05. The van der Waals surface area contributed by atoms with E-state index in [0.29, 0.717) is 35.4 Å². The first-order chi connectivity index (χ1) is 14.5. The molecule has 0 atom stereocenters. The van der Waals surface area contributed by atoms with Crippen LogP contribution in [0.2, 0.25) is 0 Å². The Bertz CT molecular complexity index is 1080. The molecule has 2 aromatic heterocycles. The maximum absolute atomic E-state index is 13.0. The van der Waals surface area contributed by atoms with Crippen molar-refractivity contribution in [3.8, 4) is 5.75 Å². The number of ketones is 2. The van der Waals surface area contributed by atoms with E-state index in [1.807, 2.05) is 44.2 Å². The van der Waals surface area contributed by atoms with Crippen LogP contribution in [0, 0.1) is 0 Å². The standard InChI is InChI=1S/C24H26N2O4/c1-3-5-12-18(27)21-17(4-2)20(23(28)24(25)29)22-19(13-9-14-26(21)22)30-15-16-10-7-6-8-11-16/h6-11,13-14H,3-5,12,15H2,1-2H3,(H2,25,29). The highest BCUT2D eigenvalue weighted by Crippen LogP contribution is 2.33. The third kappa shape index (κ3) is 4.13. The minimum absolute atomic E-state index is 0.0626. The van der Waals surface area contributed by atoms with Crippen LogP contribution >= 0.6 is 0 Å². The lowest BCUT2D eigenvalue weighted by molar-refractivity contribution is -0.114. The second-order valence-corrected chi connectivity index (χ2v) is 7.14. The molecule has 0 spiro atoms. The Morgan fingerprint density at radius 3 is 2.40 bits per heavy atom. The van der Waals surface area contributed by atoms with Gasteiger partial charge in [0.1, 0.15) is 12.4 Å². The van der Waals surface area contributed by atoms with Gasteiger partial charge in [0, 0.05) is 12.6 Å². The molecule has 3 rings (SSSR count). The topological polar surface area (TPSA) is 90.9 Å². The van der Waals surface area contributed by atoms with Crippen molar-refractivity contribution in [2.75, 3.05) is 0 Å². The third-order valence-corrected chi connectivity index (χ3v) is 5.09. The first kappa shape index (κ1) is 21.3. The summed E-state index contributed by atoms with van der Waals surface area (Å²) < 4.78 is 7.69. The number of pyridine rings is 1. The molecular formula is C24H26N2O4. The Labute approximate surface area is 175 Å². The summed E-state index contributed by atoms with van der Waals surface area (Å²) in [6.45, 7) is 4.16. The number of nitrogens with two attached hydrogens (primary N) is 1. The van der Waals surface area contributed by atoms with Gasteiger partial charge in [-0.25, -0.2) is 0 Å². The van der Waals surface area contributed by atoms with E-state index < -0.39 is 11.7 Å². The van der Waals surface area contributed by atoms with Gasteiger partial charge in [-0.05, 0) is 36.1 Å². The molecule has 0 aliphatic rings. The second kappa shape index (κ2) is 9.39. The third-order valence-electron chi connectivity index (χ3n) is 5.09. The van der Waals surface area contributed by atoms with Gasteiger partial charge in [0.05, 0.1) is 16.8 Å². The number of primary amides is 1. The van der Waals surface area contributed by atoms with Crippen molar-refractivity contribution < 1.29 is 19.1 Å². The maximum Gasteiger partial charge on any atom is 0.289 e. The summed E-state index contributed by atoms with van der Waals surface area (Å²) in [6, 6.07) is 13.1. The van der Waals surface area contributed by atoms with Crippen LogP contribution in [0.4, 0.5) is 0 Å². The highest BCUT2D eigenvalue weighted by atomic mass is 16.5. The van der Waals surface area contributed by atoms with Gasteiger partial charge in [-0.3, -0.25) is 14.4 Å². The van der Waals surface area contributed by atoms with Crippen LogP contribution in [0.3, 0.4) is 0 Å². The molecule has 3 aromatic rings. The monoisotopic (exact) mass is 406 g/mol. The second-order valence-electron chi connectivity index (χ2n) is 7.14. The van der Waals surface area contributed by atoms with Crippen molar-refractivity contribution in [2.45, 2.75) is 46.1 Å². The van der Waals surface area contributed by atoms with E-state index in [2.05, 4.69) is 0 Å². The SMILES string of the molecule is CCCCC(=O)c1c(CC)c(C(=O)C(N)=O)c2c(OCc3ccccc3)cccn12. The Balaban J connectivity index is 2.18. The Morgan fingerprint density at radius 2 is 1.77 bits per heavy atom. The zero-order valence-corrected chi connectivity index (χ0v) is 17.3. The molecule has 2 heterocycles. The zero-order chi connectivity index (χ0) is 21.7. The van der Waals surface area contributed by atoms with E-state index in [1.54, 1.807) is 22.7 Å². The maximum atomic E-state index is 13.0. The molecule has 0 unspecified atom stereocenters. The Kier molecular flexibility index (Phi) is 6.67. The van der Waals surface area contributed by atoms with Crippen LogP contribution in [0.5, 0.6) is 5.75 Å². The zero-order valence-electron chi connectivity index (χ0n) is 17.3. The van der Waals surface area contributed by atoms with Crippen molar-refractivity contribution in [3.05, 3.63) is 71.0 Å². The van der Waals surface area contributed by atoms with Crippen LogP contribution in [0.1, 0.15) is 65.1 Å². The highest BCUT2D eigenvalue weighted by molar-refractivity contribution is 6.44. The van der Waals surface area contributed by atoms with Crippen molar-refractivity contribution in [3.63, 3.8) is 0 Å². The number of fused-ring (bicyclic) bond motifs is 1. The van der Waals surface area contributed by atoms with Crippen LogP contribution in [-0.4, -0.2) is 21.9 Å². The number of carbonyl (C=O) groups excluding carboxylic acids is 3. The van der Waals surface area contributed by atoms with Gasteiger partial charge in [-0.1, -0.05) is 50.6 Å². The van der Waals surface area contributed by atoms with E-state index in [9.17, 15) is 14.4 Å². The molecule has 0 bridgehead atoms. The number of unbranched alkanes of at least 4 members (excludes halogenated alkanes) is 1. The van der Waals surface area contributed by atoms with E-state index in [4.69, 9.17) is 10.5 Å². The van der Waals surface area contributed by atoms with Crippen molar-refractivity contribution >= 4 is 23.0 Å². The molecule has 0 saturated carbocycles. The molecule has 1 amide bonds. The van der Waals surface area contributed by atoms with E-state index in [1.165, 1.54) is 0 Å². The lowest BCUT2D eigenvalue weighted by atomic mass is 9.99. The van der Waals surface area contributed by atoms with Crippen molar-refractivity contribution in [1.29, 1.82) is 0 Å². The molecule has 6 nitrogen and oxygen atoms in total. The molecule has 6 heteroatoms. The predicted molar refractivity (Wildman–Crippen MR) is 115 cm³/mol. The summed E-state index contributed by atoms with van der Waals surface area (Å²) in [5, 5.41) is 0. The summed E-state index contributed by atoms with van der Waals surface area (Å²) in [6.07, 6.45) is 4.14. The molecule has 2 N–H and O–H groups in total. The van der Waals surface area contributed by atoms with Gasteiger partial charge in [-0.15, -0.1) is 0 Å². The Hall–Kier alpha value is -3.41. The van der Waals surface area contributed by atoms with Gasteiger partial charge in [0.25, 0.3) is 11.7 Å². The number of hydrogen-bond acceptors (Lipinski definition) is 4. The summed E-state index contributed by atoms with van der Waals surface area (Å²) in [4.78, 5) is 37.6. The van der Waals surface area contributed by atoms with Crippen molar-refractivity contribution in [1.82, 2.24) is 4.40 Å². The number of ether oxygens (including phenoxy) is 1. The van der Waals surface area contributed by atoms with E-state index in [0.717, 1.165) is 18.4 Å². The van der Waals surface area contributed by atoms with Crippen molar-refractivity contribution in [2.24, 2.45) is 5.73 Å². The van der Waals surface area contributed by atoms with Gasteiger partial charge in [0.15, 0.2) is 5.78 Å². The summed E-state index contributed by atoms with van der Waals surface area (Å²) in [5.74, 6) is -1.50. The minimum Gasteiger partial charge on any atom is -0.487 e. The number of rotatable bonds is 10. The fraction of sp³-hybridized carbons (Fsp3) is 0.292. The smallest absolute Gasteiger partial charge is 0.289 e. The van der Waals surface area contributed by atoms with Crippen LogP contribution in [-0.2, 0) is 17.8 Å². The predicted octanol–water partition coefficient (Wildman–Crippen LogP) is 4.12. The number of Topliss-reactive ketones (excluding diaryl/α,β-unsaturated/α-hetero) is 2. The lowest BCUT2D eigenvalue weighted by Crippen LogP contribution is -2.24. The van der Waals surface area contributed by atoms with E-state index >= 15 is 0 Å². The number of hydrogen-bond donors (Lipinski definition) is 1. The Morgan fingerprint density at radius 1 is 1.03 bits per heavy atom. The highest BCUT2D eigenvalue weighted by Gasteiger charge is 2.30. The average Bonchev–Trinajstić information content (AvgIpc) is 3.10. The molecule has 1 aromatic carbocycles. The summed E-state index contributed by atoms with van der Waals surface area (Å²) >= 11 is 0. The van der Waals surface area contributed by atoms with Crippen LogP contribution in [0.15, 0.2) is 48.7 Å². The molecule has 156 valence electrons. The van der Waals surface area contributed by atoms with Gasteiger partial charge in [-0.2, -0.15) is 0 Å². The molecule has 0 fully saturated rings. The van der Waals surface area contributed by atoms with Crippen LogP contribution < -0.4 is 10.5 Å². The number of carbonyl (C=O) groups is 3. The molecule has 0 saturated heterocycles. The number of aromatic nitrogens is 1. The van der Waals surface area contributed by atoms with Crippen LogP contribution in [0.25, 0.3) is 5.52 Å². The molecule has 0 aliphatic carbocycles. The number of nitrogens with zero attached hydrogens (tertiary/aromatic N) is 1. The lowest BCUT2D eigenvalue weighted by Gasteiger charge is -2.10. The molecule has 0 aliphatic heterocycles.